The van der Waals surface area contributed by atoms with Crippen molar-refractivity contribution in [2.24, 2.45) is 4.99 Å². The Kier molecular flexibility index (Phi) is 3.39. The quantitative estimate of drug-likeness (QED) is 0.731. The smallest absolute Gasteiger partial charge is 0.356 e. The Hall–Kier alpha value is -3.41. The molecule has 0 unspecified atom stereocenters. The number of fused-ring (bicyclic) bond motifs is 4. The number of carboxylic acids is 1. The number of carbonyl (C=O) groups excluding carboxylic acids is 1. The molecule has 0 atom stereocenters. The van der Waals surface area contributed by atoms with E-state index in [0.29, 0.717) is 17.6 Å². The molecule has 4 rings (SSSR count). The first kappa shape index (κ1) is 15.1. The van der Waals surface area contributed by atoms with Crippen LogP contribution in [0.15, 0.2) is 53.5 Å². The highest BCUT2D eigenvalue weighted by molar-refractivity contribution is 6.45. The third kappa shape index (κ3) is 2.22. The summed E-state index contributed by atoms with van der Waals surface area (Å²) in [5, 5.41) is 10.4. The molecule has 0 radical (unpaired) electrons. The molecular formula is C19H14N2O4. The van der Waals surface area contributed by atoms with Crippen LogP contribution in [0.5, 0.6) is 0 Å². The van der Waals surface area contributed by atoms with Gasteiger partial charge in [-0.2, -0.15) is 0 Å². The number of aromatic nitrogens is 1. The summed E-state index contributed by atoms with van der Waals surface area (Å²) >= 11 is 0. The van der Waals surface area contributed by atoms with Crippen molar-refractivity contribution in [1.29, 1.82) is 0 Å². The van der Waals surface area contributed by atoms with Crippen LogP contribution in [-0.2, 0) is 16.1 Å². The lowest BCUT2D eigenvalue weighted by Crippen LogP contribution is -2.21. The molecule has 0 bridgehead atoms. The number of nitrogens with zero attached hydrogens (tertiary/aromatic N) is 2. The summed E-state index contributed by atoms with van der Waals surface area (Å²) in [5.74, 6) is -1.77. The predicted octanol–water partition coefficient (Wildman–Crippen LogP) is 3.00. The van der Waals surface area contributed by atoms with Gasteiger partial charge in [0.2, 0.25) is 0 Å². The number of rotatable bonds is 2. The molecule has 0 saturated carbocycles. The van der Waals surface area contributed by atoms with Gasteiger partial charge in [-0.15, -0.1) is 0 Å². The zero-order valence-electron chi connectivity index (χ0n) is 13.4. The van der Waals surface area contributed by atoms with Gasteiger partial charge in [-0.05, 0) is 17.7 Å². The first-order chi connectivity index (χ1) is 12.1. The fourth-order valence-corrected chi connectivity index (χ4v) is 3.27. The fraction of sp³-hybridized carbons (Fsp3) is 0.105. The highest BCUT2D eigenvalue weighted by Crippen LogP contribution is 2.33. The lowest BCUT2D eigenvalue weighted by atomic mass is 10.1. The second-order valence-electron chi connectivity index (χ2n) is 5.71. The van der Waals surface area contributed by atoms with Gasteiger partial charge in [0.05, 0.1) is 30.6 Å². The number of carboxylic acid groups (broad SMARTS) is 1. The van der Waals surface area contributed by atoms with Crippen molar-refractivity contribution in [3.05, 3.63) is 65.4 Å². The van der Waals surface area contributed by atoms with Crippen molar-refractivity contribution < 1.29 is 19.4 Å². The van der Waals surface area contributed by atoms with Crippen LogP contribution in [0.25, 0.3) is 10.9 Å². The lowest BCUT2D eigenvalue weighted by Gasteiger charge is -2.08. The van der Waals surface area contributed by atoms with E-state index in [9.17, 15) is 14.7 Å². The number of ether oxygens (including phenoxy) is 1. The summed E-state index contributed by atoms with van der Waals surface area (Å²) in [4.78, 5) is 28.7. The zero-order chi connectivity index (χ0) is 17.6. The van der Waals surface area contributed by atoms with Gasteiger partial charge in [0.1, 0.15) is 0 Å². The average molecular weight is 334 g/mol. The number of methoxy groups -OCH3 is 1. The number of hydrogen-bond acceptors (Lipinski definition) is 4. The Bertz CT molecular complexity index is 1060. The number of aliphatic carboxylic acids is 1. The van der Waals surface area contributed by atoms with E-state index < -0.39 is 11.9 Å². The van der Waals surface area contributed by atoms with Gasteiger partial charge in [-0.3, -0.25) is 0 Å². The molecule has 0 aliphatic carbocycles. The summed E-state index contributed by atoms with van der Waals surface area (Å²) in [6.45, 7) is 0.420. The number of hydrogen-bond donors (Lipinski definition) is 1. The molecule has 1 N–H and O–H groups in total. The molecule has 2 heterocycles. The molecule has 25 heavy (non-hydrogen) atoms. The molecule has 3 aromatic rings. The van der Waals surface area contributed by atoms with Crippen molar-refractivity contribution in [3.63, 3.8) is 0 Å². The van der Waals surface area contributed by atoms with Gasteiger partial charge in [0.25, 0.3) is 0 Å². The maximum atomic E-state index is 12.4. The summed E-state index contributed by atoms with van der Waals surface area (Å²) < 4.78 is 6.73. The Morgan fingerprint density at radius 2 is 1.84 bits per heavy atom. The van der Waals surface area contributed by atoms with Crippen molar-refractivity contribution in [2.75, 3.05) is 7.11 Å². The molecule has 6 nitrogen and oxygen atoms in total. The molecule has 6 heteroatoms. The summed E-state index contributed by atoms with van der Waals surface area (Å²) in [7, 11) is 1.28. The molecule has 124 valence electrons. The zero-order valence-corrected chi connectivity index (χ0v) is 13.4. The first-order valence-corrected chi connectivity index (χ1v) is 7.71. The van der Waals surface area contributed by atoms with E-state index in [4.69, 9.17) is 4.74 Å². The highest BCUT2D eigenvalue weighted by atomic mass is 16.5. The monoisotopic (exact) mass is 334 g/mol. The van der Waals surface area contributed by atoms with E-state index in [2.05, 4.69) is 4.99 Å². The molecule has 0 fully saturated rings. The number of benzene rings is 2. The van der Waals surface area contributed by atoms with Crippen LogP contribution >= 0.6 is 0 Å². The number of carbonyl (C=O) groups is 2. The molecule has 0 spiro atoms. The maximum Gasteiger partial charge on any atom is 0.356 e. The highest BCUT2D eigenvalue weighted by Gasteiger charge is 2.31. The molecule has 1 aliphatic rings. The minimum Gasteiger partial charge on any atom is -0.476 e. The van der Waals surface area contributed by atoms with E-state index in [1.807, 2.05) is 34.9 Å². The van der Waals surface area contributed by atoms with Crippen molar-refractivity contribution >= 4 is 34.2 Å². The number of aliphatic imine (C=N–C) groups is 1. The first-order valence-electron chi connectivity index (χ1n) is 7.71. The van der Waals surface area contributed by atoms with E-state index in [-0.39, 0.29) is 17.0 Å². The average Bonchev–Trinajstić information content (AvgIpc) is 2.83. The van der Waals surface area contributed by atoms with Gasteiger partial charge in [-0.25, -0.2) is 14.6 Å². The van der Waals surface area contributed by atoms with Crippen LogP contribution < -0.4 is 0 Å². The predicted molar refractivity (Wildman–Crippen MR) is 92.7 cm³/mol. The van der Waals surface area contributed by atoms with Gasteiger partial charge < -0.3 is 14.4 Å². The van der Waals surface area contributed by atoms with Gasteiger partial charge in [0.15, 0.2) is 5.71 Å². The Balaban J connectivity index is 2.16. The third-order valence-corrected chi connectivity index (χ3v) is 4.34. The Morgan fingerprint density at radius 3 is 2.60 bits per heavy atom. The second-order valence-corrected chi connectivity index (χ2v) is 5.71. The number of esters is 1. The number of para-hydroxylation sites is 2. The van der Waals surface area contributed by atoms with E-state index in [1.54, 1.807) is 18.2 Å². The van der Waals surface area contributed by atoms with Crippen LogP contribution in [0.4, 0.5) is 5.69 Å². The van der Waals surface area contributed by atoms with Crippen molar-refractivity contribution in [1.82, 2.24) is 4.57 Å². The Morgan fingerprint density at radius 1 is 1.12 bits per heavy atom. The second kappa shape index (κ2) is 5.59. The molecular weight excluding hydrogens is 320 g/mol. The molecule has 2 aromatic carbocycles. The Labute approximate surface area is 143 Å². The summed E-state index contributed by atoms with van der Waals surface area (Å²) in [6.07, 6.45) is 0. The van der Waals surface area contributed by atoms with E-state index in [0.717, 1.165) is 11.1 Å². The SMILES string of the molecule is COC(=O)c1c2n(c3ccccc13)Cc1ccccc1N=C2C(=O)O. The molecule has 0 saturated heterocycles. The van der Waals surface area contributed by atoms with Crippen LogP contribution in [0, 0.1) is 0 Å². The molecule has 0 amide bonds. The molecule has 1 aromatic heterocycles. The lowest BCUT2D eigenvalue weighted by molar-refractivity contribution is -0.129. The van der Waals surface area contributed by atoms with E-state index >= 15 is 0 Å². The van der Waals surface area contributed by atoms with Crippen LogP contribution in [0.2, 0.25) is 0 Å². The van der Waals surface area contributed by atoms with Crippen molar-refractivity contribution in [2.45, 2.75) is 6.54 Å². The maximum absolute atomic E-state index is 12.4. The largest absolute Gasteiger partial charge is 0.476 e. The van der Waals surface area contributed by atoms with Gasteiger partial charge >= 0.3 is 11.9 Å². The minimum atomic E-state index is -1.19. The van der Waals surface area contributed by atoms with Gasteiger partial charge in [0, 0.05) is 10.9 Å². The fourth-order valence-electron chi connectivity index (χ4n) is 3.27. The van der Waals surface area contributed by atoms with Crippen molar-refractivity contribution in [3.8, 4) is 0 Å². The van der Waals surface area contributed by atoms with Gasteiger partial charge in [-0.1, -0.05) is 36.4 Å². The normalized spacial score (nSPS) is 12.8. The van der Waals surface area contributed by atoms with Crippen LogP contribution in [-0.4, -0.2) is 34.4 Å². The standard InChI is InChI=1S/C19H14N2O4/c1-25-19(24)15-12-7-3-5-9-14(12)21-10-11-6-2-4-8-13(11)20-16(17(15)21)18(22)23/h2-9H,10H2,1H3,(H,22,23). The van der Waals surface area contributed by atoms with Crippen LogP contribution in [0.1, 0.15) is 21.6 Å². The molecule has 1 aliphatic heterocycles. The summed E-state index contributed by atoms with van der Waals surface area (Å²) in [6, 6.07) is 14.7. The van der Waals surface area contributed by atoms with E-state index in [1.165, 1.54) is 7.11 Å². The topological polar surface area (TPSA) is 80.9 Å². The summed E-state index contributed by atoms with van der Waals surface area (Å²) in [5.41, 5.74) is 2.58. The minimum absolute atomic E-state index is 0.165. The third-order valence-electron chi connectivity index (χ3n) is 4.34. The van der Waals surface area contributed by atoms with Crippen LogP contribution in [0.3, 0.4) is 0 Å².